The van der Waals surface area contributed by atoms with Crippen molar-refractivity contribution in [2.24, 2.45) is 0 Å². The molecule has 4 nitrogen and oxygen atoms in total. The van der Waals surface area contributed by atoms with Crippen molar-refractivity contribution in [1.29, 1.82) is 0 Å². The average molecular weight is 540 g/mol. The van der Waals surface area contributed by atoms with E-state index in [-0.39, 0.29) is 12.1 Å². The minimum absolute atomic E-state index is 0.0757. The van der Waals surface area contributed by atoms with Gasteiger partial charge in [0.25, 0.3) is 11.2 Å². The molecule has 0 amide bonds. The first-order chi connectivity index (χ1) is 16.0. The molecule has 0 spiro atoms. The van der Waals surface area contributed by atoms with Crippen molar-refractivity contribution in [2.45, 2.75) is 35.9 Å². The molecule has 0 saturated heterocycles. The molecular weight excluding hydrogens is 528 g/mol. The van der Waals surface area contributed by atoms with Crippen LogP contribution in [0.3, 0.4) is 0 Å². The number of hydrogen-bond donors (Lipinski definition) is 4. The zero-order valence-corrected chi connectivity index (χ0v) is 17.0. The average Bonchev–Trinajstić information content (AvgIpc) is 2.69. The second kappa shape index (κ2) is 7.68. The predicted octanol–water partition coefficient (Wildman–Crippen LogP) is 5.78. The molecule has 3 aromatic rings. The van der Waals surface area contributed by atoms with Gasteiger partial charge in [0.2, 0.25) is 0 Å². The van der Waals surface area contributed by atoms with Gasteiger partial charge in [0.1, 0.15) is 0 Å². The molecule has 3 aromatic carbocycles. The fourth-order valence-corrected chi connectivity index (χ4v) is 3.89. The molecule has 0 bridgehead atoms. The van der Waals surface area contributed by atoms with Crippen LogP contribution in [0.2, 0.25) is 0 Å². The molecule has 0 unspecified atom stereocenters. The maximum Gasteiger partial charge on any atom is 0.430 e. The second-order valence-electron chi connectivity index (χ2n) is 7.73. The number of anilines is 2. The lowest BCUT2D eigenvalue weighted by molar-refractivity contribution is -0.376. The fraction of sp³-hybridized carbons (Fsp3) is 0.300. The molecule has 0 aromatic heterocycles. The van der Waals surface area contributed by atoms with Crippen molar-refractivity contribution in [3.8, 4) is 0 Å². The van der Waals surface area contributed by atoms with Gasteiger partial charge in [-0.2, -0.15) is 52.7 Å². The van der Waals surface area contributed by atoms with E-state index in [0.717, 1.165) is 24.3 Å². The van der Waals surface area contributed by atoms with E-state index in [1.165, 1.54) is 0 Å². The van der Waals surface area contributed by atoms with Crippen LogP contribution in [0.1, 0.15) is 11.1 Å². The van der Waals surface area contributed by atoms with E-state index in [1.807, 2.05) is 0 Å². The van der Waals surface area contributed by atoms with Gasteiger partial charge in [0.05, 0.1) is 0 Å². The number of halogens is 12. The largest absolute Gasteiger partial charge is 0.430 e. The van der Waals surface area contributed by atoms with Gasteiger partial charge in [-0.1, -0.05) is 24.3 Å². The Morgan fingerprint density at radius 1 is 0.528 bits per heavy atom. The summed E-state index contributed by atoms with van der Waals surface area (Å²) < 4.78 is 163. The normalized spacial score (nSPS) is 14.6. The van der Waals surface area contributed by atoms with Crippen molar-refractivity contribution in [2.75, 3.05) is 11.5 Å². The Kier molecular flexibility index (Phi) is 5.85. The van der Waals surface area contributed by atoms with E-state index in [0.29, 0.717) is 0 Å². The Morgan fingerprint density at radius 2 is 0.944 bits per heavy atom. The zero-order chi connectivity index (χ0) is 27.9. The lowest BCUT2D eigenvalue weighted by Crippen LogP contribution is -2.54. The number of aliphatic hydroxyl groups is 2. The molecule has 0 saturated carbocycles. The smallest absolute Gasteiger partial charge is 0.398 e. The van der Waals surface area contributed by atoms with E-state index in [4.69, 9.17) is 11.5 Å². The number of nitrogens with two attached hydrogens (primary N) is 2. The number of hydrogen-bond acceptors (Lipinski definition) is 4. The molecule has 0 aliphatic carbocycles. The highest BCUT2D eigenvalue weighted by Gasteiger charge is 2.74. The van der Waals surface area contributed by atoms with E-state index in [2.05, 4.69) is 0 Å². The van der Waals surface area contributed by atoms with Crippen molar-refractivity contribution >= 4 is 32.9 Å². The minimum atomic E-state index is -6.51. The minimum Gasteiger partial charge on any atom is -0.398 e. The van der Waals surface area contributed by atoms with E-state index in [1.54, 1.807) is 0 Å². The summed E-state index contributed by atoms with van der Waals surface area (Å²) in [5.74, 6) is 0. The first-order valence-electron chi connectivity index (χ1n) is 9.27. The van der Waals surface area contributed by atoms with Crippen molar-refractivity contribution < 1.29 is 62.9 Å². The highest BCUT2D eigenvalue weighted by Crippen LogP contribution is 2.57. The second-order valence-corrected chi connectivity index (χ2v) is 7.73. The molecule has 0 aliphatic rings. The zero-order valence-electron chi connectivity index (χ0n) is 17.0. The highest BCUT2D eigenvalue weighted by molar-refractivity contribution is 6.16. The monoisotopic (exact) mass is 540 g/mol. The van der Waals surface area contributed by atoms with Gasteiger partial charge in [0.15, 0.2) is 0 Å². The lowest BCUT2D eigenvalue weighted by Gasteiger charge is -2.36. The summed E-state index contributed by atoms with van der Waals surface area (Å²) in [4.78, 5) is 0. The molecule has 198 valence electrons. The third-order valence-corrected chi connectivity index (χ3v) is 5.63. The summed E-state index contributed by atoms with van der Waals surface area (Å²) in [6, 6.07) is 3.71. The Labute approximate surface area is 191 Å². The Balaban J connectivity index is 2.68. The summed E-state index contributed by atoms with van der Waals surface area (Å²) in [6.45, 7) is 0. The van der Waals surface area contributed by atoms with Crippen LogP contribution < -0.4 is 11.5 Å². The van der Waals surface area contributed by atoms with Crippen molar-refractivity contribution in [3.05, 3.63) is 47.5 Å². The predicted molar refractivity (Wildman–Crippen MR) is 102 cm³/mol. The number of nitrogen functional groups attached to an aromatic ring is 2. The SMILES string of the molecule is Nc1cc2c(C(O)(C(F)(F)F)C(F)(F)F)c(N)c3ccccc3c2cc1C(O)(C(F)(F)F)C(F)(F)F. The third-order valence-electron chi connectivity index (χ3n) is 5.63. The van der Waals surface area contributed by atoms with Gasteiger partial charge in [-0.25, -0.2) is 0 Å². The first-order valence-corrected chi connectivity index (χ1v) is 9.27. The van der Waals surface area contributed by atoms with Crippen molar-refractivity contribution in [3.63, 3.8) is 0 Å². The standard InChI is InChI=1S/C20H12F12N2O2/c21-17(22,23)15(35,18(24,25)26)11-5-9-7-3-1-2-4-8(7)14(34)13(10(9)6-12(11)33)16(36,19(27,28)29)20(30,31)32/h1-6,35-36H,33-34H2. The number of fused-ring (bicyclic) bond motifs is 3. The molecule has 3 rings (SSSR count). The summed E-state index contributed by atoms with van der Waals surface area (Å²) >= 11 is 0. The quantitative estimate of drug-likeness (QED) is 0.188. The van der Waals surface area contributed by atoms with Crippen LogP contribution in [0.25, 0.3) is 21.5 Å². The van der Waals surface area contributed by atoms with Gasteiger partial charge in [-0.05, 0) is 28.3 Å². The van der Waals surface area contributed by atoms with E-state index < -0.39 is 80.0 Å². The van der Waals surface area contributed by atoms with Crippen LogP contribution in [0.5, 0.6) is 0 Å². The Morgan fingerprint density at radius 3 is 1.36 bits per heavy atom. The first kappa shape index (κ1) is 27.4. The Bertz CT molecular complexity index is 1310. The van der Waals surface area contributed by atoms with Gasteiger partial charge >= 0.3 is 24.7 Å². The topological polar surface area (TPSA) is 92.5 Å². The number of alkyl halides is 12. The lowest BCUT2D eigenvalue weighted by atomic mass is 9.81. The number of benzene rings is 3. The van der Waals surface area contributed by atoms with Gasteiger partial charge in [0, 0.05) is 27.9 Å². The molecule has 36 heavy (non-hydrogen) atoms. The van der Waals surface area contributed by atoms with Crippen LogP contribution in [0, 0.1) is 0 Å². The Hall–Kier alpha value is -3.14. The van der Waals surface area contributed by atoms with Crippen LogP contribution in [-0.4, -0.2) is 34.9 Å². The molecule has 0 heterocycles. The summed E-state index contributed by atoms with van der Waals surface area (Å²) in [6.07, 6.45) is -26.0. The molecule has 16 heteroatoms. The summed E-state index contributed by atoms with van der Waals surface area (Å²) in [5.41, 5.74) is -7.79. The van der Waals surface area contributed by atoms with Crippen LogP contribution in [0.15, 0.2) is 36.4 Å². The molecule has 0 atom stereocenters. The van der Waals surface area contributed by atoms with Gasteiger partial charge < -0.3 is 21.7 Å². The van der Waals surface area contributed by atoms with E-state index in [9.17, 15) is 62.9 Å². The molecule has 0 radical (unpaired) electrons. The molecule has 0 aliphatic heterocycles. The summed E-state index contributed by atoms with van der Waals surface area (Å²) in [5, 5.41) is 16.1. The van der Waals surface area contributed by atoms with E-state index >= 15 is 0 Å². The van der Waals surface area contributed by atoms with Gasteiger partial charge in [-0.3, -0.25) is 0 Å². The summed E-state index contributed by atoms with van der Waals surface area (Å²) in [7, 11) is 0. The number of rotatable bonds is 2. The maximum absolute atomic E-state index is 13.7. The highest BCUT2D eigenvalue weighted by atomic mass is 19.4. The van der Waals surface area contributed by atoms with Crippen LogP contribution >= 0.6 is 0 Å². The molecule has 0 fully saturated rings. The van der Waals surface area contributed by atoms with Crippen LogP contribution in [0.4, 0.5) is 64.1 Å². The van der Waals surface area contributed by atoms with Crippen LogP contribution in [-0.2, 0) is 11.2 Å². The molecule has 6 N–H and O–H groups in total. The molecular formula is C20H12F12N2O2. The maximum atomic E-state index is 13.7. The third kappa shape index (κ3) is 3.56. The van der Waals surface area contributed by atoms with Crippen molar-refractivity contribution in [1.82, 2.24) is 0 Å². The van der Waals surface area contributed by atoms with Gasteiger partial charge in [-0.15, -0.1) is 0 Å². The fourth-order valence-electron chi connectivity index (χ4n) is 3.89.